The highest BCUT2D eigenvalue weighted by molar-refractivity contribution is 5.78. The summed E-state index contributed by atoms with van der Waals surface area (Å²) in [4.78, 5) is 22.3. The molecule has 2 heterocycles. The number of aromatic nitrogens is 1. The summed E-state index contributed by atoms with van der Waals surface area (Å²) in [6, 6.07) is 25.3. The van der Waals surface area contributed by atoms with Crippen LogP contribution in [0.2, 0.25) is 0 Å². The van der Waals surface area contributed by atoms with E-state index in [4.69, 9.17) is 4.98 Å². The van der Waals surface area contributed by atoms with Crippen molar-refractivity contribution < 1.29 is 4.79 Å². The van der Waals surface area contributed by atoms with Gasteiger partial charge in [-0.1, -0.05) is 66.7 Å². The summed E-state index contributed by atoms with van der Waals surface area (Å²) in [5, 5.41) is 0. The van der Waals surface area contributed by atoms with Gasteiger partial charge in [0.1, 0.15) is 0 Å². The summed E-state index contributed by atoms with van der Waals surface area (Å²) in [7, 11) is 0. The highest BCUT2D eigenvalue weighted by atomic mass is 16.2. The molecule has 4 heteroatoms. The Bertz CT molecular complexity index is 1000. The Labute approximate surface area is 198 Å². The molecule has 4 rings (SSSR count). The Balaban J connectivity index is 1.35. The minimum atomic E-state index is 0.178. The first-order valence-corrected chi connectivity index (χ1v) is 12.1. The lowest BCUT2D eigenvalue weighted by Crippen LogP contribution is -2.45. The van der Waals surface area contributed by atoms with Crippen molar-refractivity contribution in [1.82, 2.24) is 14.8 Å². The van der Waals surface area contributed by atoms with Crippen molar-refractivity contribution in [3.8, 4) is 0 Å². The average molecular weight is 442 g/mol. The lowest BCUT2D eigenvalue weighted by molar-refractivity contribution is -0.135. The third-order valence-electron chi connectivity index (χ3n) is 6.52. The molecule has 3 aromatic rings. The van der Waals surface area contributed by atoms with Gasteiger partial charge in [0.15, 0.2) is 0 Å². The van der Waals surface area contributed by atoms with Crippen molar-refractivity contribution in [3.05, 3.63) is 101 Å². The Morgan fingerprint density at radius 3 is 2.30 bits per heavy atom. The fraction of sp³-hybridized carbons (Fsp3) is 0.379. The minimum Gasteiger partial charge on any atom is -0.335 e. The zero-order chi connectivity index (χ0) is 23.0. The molecular formula is C29H35N3O. The second kappa shape index (κ2) is 11.2. The maximum absolute atomic E-state index is 13.2. The number of hydrogen-bond acceptors (Lipinski definition) is 3. The molecule has 1 saturated heterocycles. The first kappa shape index (κ1) is 23.2. The van der Waals surface area contributed by atoms with Crippen LogP contribution in [0.5, 0.6) is 0 Å². The number of piperidine rings is 1. The predicted octanol–water partition coefficient (Wildman–Crippen LogP) is 5.29. The summed E-state index contributed by atoms with van der Waals surface area (Å²) in [5.41, 5.74) is 4.87. The predicted molar refractivity (Wildman–Crippen MR) is 134 cm³/mol. The number of pyridine rings is 1. The molecule has 2 aromatic carbocycles. The van der Waals surface area contributed by atoms with Crippen molar-refractivity contribution in [2.45, 2.75) is 51.6 Å². The molecule has 0 bridgehead atoms. The standard InChI is InChI=1S/C29H35N3O/c1-23(2)32(20-25-12-7-4-8-13-25)29(33)22-31-17-9-14-27(21-31)28-16-15-26(19-30-28)18-24-10-5-3-6-11-24/h3-8,10-13,15-16,19,23,27H,9,14,17-18,20-22H2,1-2H3. The first-order chi connectivity index (χ1) is 16.1. The molecule has 1 unspecified atom stereocenters. The van der Waals surface area contributed by atoms with Gasteiger partial charge in [0.25, 0.3) is 0 Å². The Kier molecular flexibility index (Phi) is 7.90. The van der Waals surface area contributed by atoms with Crippen LogP contribution < -0.4 is 0 Å². The minimum absolute atomic E-state index is 0.178. The number of benzene rings is 2. The fourth-order valence-electron chi connectivity index (χ4n) is 4.68. The third kappa shape index (κ3) is 6.52. The maximum atomic E-state index is 13.2. The number of rotatable bonds is 8. The van der Waals surface area contributed by atoms with E-state index in [2.05, 4.69) is 67.3 Å². The summed E-state index contributed by atoms with van der Waals surface area (Å²) in [6.45, 7) is 7.22. The largest absolute Gasteiger partial charge is 0.335 e. The smallest absolute Gasteiger partial charge is 0.237 e. The molecular weight excluding hydrogens is 406 g/mol. The van der Waals surface area contributed by atoms with Crippen LogP contribution in [0.25, 0.3) is 0 Å². The van der Waals surface area contributed by atoms with Crippen LogP contribution in [-0.4, -0.2) is 46.4 Å². The highest BCUT2D eigenvalue weighted by Crippen LogP contribution is 2.26. The van der Waals surface area contributed by atoms with Gasteiger partial charge in [-0.15, -0.1) is 0 Å². The van der Waals surface area contributed by atoms with Gasteiger partial charge >= 0.3 is 0 Å². The van der Waals surface area contributed by atoms with E-state index in [0.717, 1.165) is 38.0 Å². The van der Waals surface area contributed by atoms with E-state index in [1.54, 1.807) is 0 Å². The van der Waals surface area contributed by atoms with Crippen LogP contribution in [0.1, 0.15) is 55.0 Å². The number of hydrogen-bond donors (Lipinski definition) is 0. The quantitative estimate of drug-likeness (QED) is 0.477. The van der Waals surface area contributed by atoms with Gasteiger partial charge in [0.2, 0.25) is 5.91 Å². The van der Waals surface area contributed by atoms with E-state index in [-0.39, 0.29) is 11.9 Å². The third-order valence-corrected chi connectivity index (χ3v) is 6.52. The highest BCUT2D eigenvalue weighted by Gasteiger charge is 2.26. The summed E-state index contributed by atoms with van der Waals surface area (Å²) in [5.74, 6) is 0.597. The van der Waals surface area contributed by atoms with Crippen LogP contribution >= 0.6 is 0 Å². The van der Waals surface area contributed by atoms with E-state index in [9.17, 15) is 4.79 Å². The molecule has 0 N–H and O–H groups in total. The first-order valence-electron chi connectivity index (χ1n) is 12.1. The van der Waals surface area contributed by atoms with Crippen LogP contribution in [0, 0.1) is 0 Å². The molecule has 4 nitrogen and oxygen atoms in total. The van der Waals surface area contributed by atoms with Gasteiger partial charge < -0.3 is 4.90 Å². The molecule has 0 aliphatic carbocycles. The lowest BCUT2D eigenvalue weighted by atomic mass is 9.93. The lowest BCUT2D eigenvalue weighted by Gasteiger charge is -2.35. The van der Waals surface area contributed by atoms with E-state index in [1.807, 2.05) is 35.4 Å². The van der Waals surface area contributed by atoms with Gasteiger partial charge in [0.05, 0.1) is 6.54 Å². The second-order valence-corrected chi connectivity index (χ2v) is 9.43. The topological polar surface area (TPSA) is 36.4 Å². The maximum Gasteiger partial charge on any atom is 0.237 e. The molecule has 1 fully saturated rings. The normalized spacial score (nSPS) is 16.6. The van der Waals surface area contributed by atoms with Gasteiger partial charge in [-0.25, -0.2) is 0 Å². The number of nitrogens with zero attached hydrogens (tertiary/aromatic N) is 3. The van der Waals surface area contributed by atoms with Gasteiger partial charge in [-0.3, -0.25) is 14.7 Å². The Morgan fingerprint density at radius 2 is 1.67 bits per heavy atom. The van der Waals surface area contributed by atoms with Crippen molar-refractivity contribution in [1.29, 1.82) is 0 Å². The average Bonchev–Trinajstić information content (AvgIpc) is 2.84. The number of carbonyl (C=O) groups excluding carboxylic acids is 1. The number of carbonyl (C=O) groups is 1. The van der Waals surface area contributed by atoms with Crippen LogP contribution in [0.15, 0.2) is 79.0 Å². The molecule has 0 spiro atoms. The number of amides is 1. The zero-order valence-corrected chi connectivity index (χ0v) is 19.9. The SMILES string of the molecule is CC(C)N(Cc1ccccc1)C(=O)CN1CCCC(c2ccc(Cc3ccccc3)cn2)C1. The molecule has 172 valence electrons. The van der Waals surface area contributed by atoms with Gasteiger partial charge in [0, 0.05) is 36.9 Å². The fourth-order valence-corrected chi connectivity index (χ4v) is 4.68. The molecule has 1 aromatic heterocycles. The van der Waals surface area contributed by atoms with Gasteiger partial charge in [-0.05, 0) is 62.4 Å². The van der Waals surface area contributed by atoms with Crippen LogP contribution in [0.4, 0.5) is 0 Å². The molecule has 1 amide bonds. The Hall–Kier alpha value is -2.98. The molecule has 0 radical (unpaired) electrons. The van der Waals surface area contributed by atoms with E-state index < -0.39 is 0 Å². The van der Waals surface area contributed by atoms with Crippen molar-refractivity contribution in [3.63, 3.8) is 0 Å². The molecule has 0 saturated carbocycles. The molecule has 1 atom stereocenters. The molecule has 33 heavy (non-hydrogen) atoms. The van der Waals surface area contributed by atoms with Crippen molar-refractivity contribution in [2.24, 2.45) is 0 Å². The van der Waals surface area contributed by atoms with E-state index in [1.165, 1.54) is 16.7 Å². The van der Waals surface area contributed by atoms with Crippen LogP contribution in [0.3, 0.4) is 0 Å². The molecule has 1 aliphatic rings. The Morgan fingerprint density at radius 1 is 0.970 bits per heavy atom. The number of likely N-dealkylation sites (tertiary alicyclic amines) is 1. The van der Waals surface area contributed by atoms with E-state index in [0.29, 0.717) is 19.0 Å². The summed E-state index contributed by atoms with van der Waals surface area (Å²) < 4.78 is 0. The monoisotopic (exact) mass is 441 g/mol. The van der Waals surface area contributed by atoms with E-state index >= 15 is 0 Å². The van der Waals surface area contributed by atoms with Gasteiger partial charge in [-0.2, -0.15) is 0 Å². The zero-order valence-electron chi connectivity index (χ0n) is 19.9. The molecule has 1 aliphatic heterocycles. The van der Waals surface area contributed by atoms with Crippen LogP contribution in [-0.2, 0) is 17.8 Å². The summed E-state index contributed by atoms with van der Waals surface area (Å²) >= 11 is 0. The summed E-state index contributed by atoms with van der Waals surface area (Å²) in [6.07, 6.45) is 5.16. The second-order valence-electron chi connectivity index (χ2n) is 9.43. The van der Waals surface area contributed by atoms with Crippen molar-refractivity contribution in [2.75, 3.05) is 19.6 Å². The van der Waals surface area contributed by atoms with Crippen molar-refractivity contribution >= 4 is 5.91 Å².